The molecular formula is C16H15F2N3O2. The van der Waals surface area contributed by atoms with Crippen molar-refractivity contribution in [2.75, 3.05) is 18.0 Å². The zero-order chi connectivity index (χ0) is 16.1. The van der Waals surface area contributed by atoms with Crippen molar-refractivity contribution in [3.05, 3.63) is 47.3 Å². The number of nitrogens with zero attached hydrogens (tertiary/aromatic N) is 3. The Labute approximate surface area is 131 Å². The minimum Gasteiger partial charge on any atom is -0.478 e. The summed E-state index contributed by atoms with van der Waals surface area (Å²) in [6.45, 7) is 1.56. The lowest BCUT2D eigenvalue weighted by Crippen LogP contribution is -2.24. The first-order valence-electron chi connectivity index (χ1n) is 7.50. The number of benzene rings is 1. The van der Waals surface area contributed by atoms with E-state index in [4.69, 9.17) is 5.11 Å². The zero-order valence-electron chi connectivity index (χ0n) is 12.2. The van der Waals surface area contributed by atoms with Crippen molar-refractivity contribution < 1.29 is 18.7 Å². The Balaban J connectivity index is 1.56. The van der Waals surface area contributed by atoms with Crippen molar-refractivity contribution in [2.24, 2.45) is 11.8 Å². The van der Waals surface area contributed by atoms with Crippen molar-refractivity contribution in [3.63, 3.8) is 0 Å². The molecular weight excluding hydrogens is 304 g/mol. The van der Waals surface area contributed by atoms with E-state index in [1.165, 1.54) is 35.6 Å². The van der Waals surface area contributed by atoms with Gasteiger partial charge in [-0.1, -0.05) is 0 Å². The van der Waals surface area contributed by atoms with E-state index < -0.39 is 17.6 Å². The number of aromatic carboxylic acids is 1. The third kappa shape index (κ3) is 2.56. The van der Waals surface area contributed by atoms with E-state index in [1.807, 2.05) is 0 Å². The van der Waals surface area contributed by atoms with Crippen LogP contribution in [0.5, 0.6) is 0 Å². The first-order chi connectivity index (χ1) is 11.0. The van der Waals surface area contributed by atoms with Crippen molar-refractivity contribution in [1.29, 1.82) is 0 Å². The van der Waals surface area contributed by atoms with E-state index in [9.17, 15) is 13.6 Å². The number of piperidine rings is 1. The third-order valence-corrected chi connectivity index (χ3v) is 4.60. The van der Waals surface area contributed by atoms with Gasteiger partial charge >= 0.3 is 5.97 Å². The smallest absolute Gasteiger partial charge is 0.338 e. The van der Waals surface area contributed by atoms with Gasteiger partial charge in [0.2, 0.25) is 0 Å². The number of fused-ring (bicyclic) bond motifs is 1. The van der Waals surface area contributed by atoms with Crippen molar-refractivity contribution in [2.45, 2.75) is 13.0 Å². The number of carbonyl (C=O) groups is 1. The molecule has 0 amide bonds. The molecule has 2 aromatic rings. The molecule has 2 fully saturated rings. The molecule has 2 unspecified atom stereocenters. The van der Waals surface area contributed by atoms with E-state index in [0.717, 1.165) is 13.1 Å². The van der Waals surface area contributed by atoms with E-state index >= 15 is 0 Å². The van der Waals surface area contributed by atoms with Gasteiger partial charge in [-0.3, -0.25) is 4.68 Å². The highest BCUT2D eigenvalue weighted by Gasteiger charge is 2.46. The van der Waals surface area contributed by atoms with Crippen LogP contribution < -0.4 is 4.90 Å². The predicted molar refractivity (Wildman–Crippen MR) is 78.5 cm³/mol. The van der Waals surface area contributed by atoms with Crippen LogP contribution >= 0.6 is 0 Å². The summed E-state index contributed by atoms with van der Waals surface area (Å²) in [4.78, 5) is 12.6. The van der Waals surface area contributed by atoms with Gasteiger partial charge in [-0.25, -0.2) is 13.6 Å². The predicted octanol–water partition coefficient (Wildman–Crippen LogP) is 2.36. The first-order valence-corrected chi connectivity index (χ1v) is 7.50. The van der Waals surface area contributed by atoms with Gasteiger partial charge in [0.25, 0.3) is 0 Å². The van der Waals surface area contributed by atoms with Crippen LogP contribution in [0.15, 0.2) is 24.5 Å². The summed E-state index contributed by atoms with van der Waals surface area (Å²) in [7, 11) is 0. The number of anilines is 1. The van der Waals surface area contributed by atoms with Gasteiger partial charge in [-0.05, 0) is 36.0 Å². The molecule has 5 nitrogen and oxygen atoms in total. The molecule has 120 valence electrons. The lowest BCUT2D eigenvalue weighted by atomic mass is 10.1. The van der Waals surface area contributed by atoms with E-state index in [1.54, 1.807) is 4.90 Å². The molecule has 2 atom stereocenters. The summed E-state index contributed by atoms with van der Waals surface area (Å²) in [6, 6.07) is 2.59. The lowest BCUT2D eigenvalue weighted by molar-refractivity contribution is 0.0696. The van der Waals surface area contributed by atoms with E-state index in [2.05, 4.69) is 5.10 Å². The van der Waals surface area contributed by atoms with Gasteiger partial charge in [0.15, 0.2) is 0 Å². The van der Waals surface area contributed by atoms with Gasteiger partial charge in [0, 0.05) is 19.3 Å². The van der Waals surface area contributed by atoms with Crippen LogP contribution in [0, 0.1) is 23.5 Å². The largest absolute Gasteiger partial charge is 0.478 e. The maximum atomic E-state index is 14.3. The molecule has 23 heavy (non-hydrogen) atoms. The minimum atomic E-state index is -1.09. The summed E-state index contributed by atoms with van der Waals surface area (Å²) in [5.41, 5.74) is 0.500. The van der Waals surface area contributed by atoms with Gasteiger partial charge in [0.05, 0.1) is 18.3 Å². The zero-order valence-corrected chi connectivity index (χ0v) is 12.2. The number of hydrogen-bond acceptors (Lipinski definition) is 3. The molecule has 0 radical (unpaired) electrons. The molecule has 0 spiro atoms. The van der Waals surface area contributed by atoms with Crippen LogP contribution in [-0.2, 0) is 6.54 Å². The van der Waals surface area contributed by atoms with Crippen LogP contribution in [0.3, 0.4) is 0 Å². The second-order valence-electron chi connectivity index (χ2n) is 6.30. The van der Waals surface area contributed by atoms with Crippen LogP contribution in [0.25, 0.3) is 0 Å². The standard InChI is InChI=1S/C16H15F2N3O2/c17-13-1-9(5-21-8-12(4-19-21)16(22)23)2-14(18)15(13)20-6-10-3-11(10)7-20/h1-2,4,8,10-11H,3,5-7H2,(H,22,23). The third-order valence-electron chi connectivity index (χ3n) is 4.60. The molecule has 1 N–H and O–H groups in total. The average Bonchev–Trinajstić information content (AvgIpc) is 2.89. The number of rotatable bonds is 4. The maximum Gasteiger partial charge on any atom is 0.338 e. The second kappa shape index (κ2) is 5.04. The Bertz CT molecular complexity index is 756. The van der Waals surface area contributed by atoms with Crippen molar-refractivity contribution >= 4 is 11.7 Å². The maximum absolute atomic E-state index is 14.3. The van der Waals surface area contributed by atoms with Gasteiger partial charge in [-0.2, -0.15) is 5.10 Å². The number of carboxylic acids is 1. The summed E-state index contributed by atoms with van der Waals surface area (Å²) >= 11 is 0. The fourth-order valence-electron chi connectivity index (χ4n) is 3.34. The summed E-state index contributed by atoms with van der Waals surface area (Å²) in [5.74, 6) is -1.06. The molecule has 7 heteroatoms. The second-order valence-corrected chi connectivity index (χ2v) is 6.30. The highest BCUT2D eigenvalue weighted by atomic mass is 19.1. The number of halogens is 2. The fraction of sp³-hybridized carbons (Fsp3) is 0.375. The Kier molecular flexibility index (Phi) is 3.11. The highest BCUT2D eigenvalue weighted by molar-refractivity contribution is 5.86. The molecule has 1 aliphatic carbocycles. The fourth-order valence-corrected chi connectivity index (χ4v) is 3.34. The van der Waals surface area contributed by atoms with Crippen LogP contribution in [0.4, 0.5) is 14.5 Å². The average molecular weight is 319 g/mol. The Morgan fingerprint density at radius 1 is 1.26 bits per heavy atom. The van der Waals surface area contributed by atoms with Gasteiger partial charge < -0.3 is 10.0 Å². The number of aromatic nitrogens is 2. The molecule has 1 aliphatic heterocycles. The number of carboxylic acid groups (broad SMARTS) is 1. The molecule has 0 bridgehead atoms. The SMILES string of the molecule is O=C(O)c1cnn(Cc2cc(F)c(N3CC4CC4C3)c(F)c2)c1. The number of hydrogen-bond donors (Lipinski definition) is 1. The molecule has 4 rings (SSSR count). The van der Waals surface area contributed by atoms with Crippen molar-refractivity contribution in [3.8, 4) is 0 Å². The Hall–Kier alpha value is -2.44. The normalized spacial score (nSPS) is 22.3. The topological polar surface area (TPSA) is 58.4 Å². The van der Waals surface area contributed by atoms with Gasteiger partial charge in [0.1, 0.15) is 17.3 Å². The van der Waals surface area contributed by atoms with Crippen LogP contribution in [0.1, 0.15) is 22.3 Å². The van der Waals surface area contributed by atoms with Crippen LogP contribution in [0.2, 0.25) is 0 Å². The highest BCUT2D eigenvalue weighted by Crippen LogP contribution is 2.47. The molecule has 2 heterocycles. The monoisotopic (exact) mass is 319 g/mol. The molecule has 1 aromatic carbocycles. The summed E-state index contributed by atoms with van der Waals surface area (Å²) in [5, 5.41) is 12.7. The molecule has 1 aromatic heterocycles. The molecule has 1 saturated heterocycles. The van der Waals surface area contributed by atoms with Crippen LogP contribution in [-0.4, -0.2) is 33.9 Å². The van der Waals surface area contributed by atoms with E-state index in [-0.39, 0.29) is 17.8 Å². The van der Waals surface area contributed by atoms with Gasteiger partial charge in [-0.15, -0.1) is 0 Å². The Morgan fingerprint density at radius 3 is 2.48 bits per heavy atom. The molecule has 2 aliphatic rings. The Morgan fingerprint density at radius 2 is 1.91 bits per heavy atom. The quantitative estimate of drug-likeness (QED) is 0.940. The molecule has 1 saturated carbocycles. The van der Waals surface area contributed by atoms with E-state index in [0.29, 0.717) is 17.4 Å². The van der Waals surface area contributed by atoms with Crippen molar-refractivity contribution in [1.82, 2.24) is 9.78 Å². The first kappa shape index (κ1) is 14.2. The minimum absolute atomic E-state index is 0.0406. The summed E-state index contributed by atoms with van der Waals surface area (Å²) in [6.07, 6.45) is 3.71. The summed E-state index contributed by atoms with van der Waals surface area (Å²) < 4.78 is 30.0. The lowest BCUT2D eigenvalue weighted by Gasteiger charge is -2.22.